The van der Waals surface area contributed by atoms with Gasteiger partial charge in [0.25, 0.3) is 0 Å². The van der Waals surface area contributed by atoms with Gasteiger partial charge in [0.2, 0.25) is 0 Å². The van der Waals surface area contributed by atoms with Gasteiger partial charge in [-0.25, -0.2) is 4.39 Å². The number of hydrogen-bond donors (Lipinski definition) is 0. The quantitative estimate of drug-likeness (QED) is 0.780. The molecular formula is C14H18ClFO2. The van der Waals surface area contributed by atoms with Crippen LogP contribution in [-0.2, 0) is 4.74 Å². The van der Waals surface area contributed by atoms with E-state index in [1.54, 1.807) is 12.1 Å². The molecule has 1 heterocycles. The molecule has 0 aliphatic carbocycles. The Balaban J connectivity index is 2.19. The molecule has 1 aliphatic rings. The van der Waals surface area contributed by atoms with E-state index in [2.05, 4.69) is 6.92 Å². The lowest BCUT2D eigenvalue weighted by atomic mass is 9.84. The maximum Gasteiger partial charge on any atom is 0.131 e. The first-order valence-electron chi connectivity index (χ1n) is 6.18. The first-order chi connectivity index (χ1) is 8.63. The fourth-order valence-corrected chi connectivity index (χ4v) is 2.97. The molecular weight excluding hydrogens is 255 g/mol. The molecule has 100 valence electrons. The maximum atomic E-state index is 14.0. The third-order valence-corrected chi connectivity index (χ3v) is 4.15. The van der Waals surface area contributed by atoms with Crippen LogP contribution in [0.5, 0.6) is 5.75 Å². The Hall–Kier alpha value is -0.800. The average molecular weight is 273 g/mol. The van der Waals surface area contributed by atoms with Crippen LogP contribution in [0.2, 0.25) is 0 Å². The monoisotopic (exact) mass is 272 g/mol. The Morgan fingerprint density at radius 1 is 1.50 bits per heavy atom. The summed E-state index contributed by atoms with van der Waals surface area (Å²) in [4.78, 5) is 0. The highest BCUT2D eigenvalue weighted by atomic mass is 35.5. The van der Waals surface area contributed by atoms with Crippen molar-refractivity contribution in [3.63, 3.8) is 0 Å². The average Bonchev–Trinajstić information content (AvgIpc) is 2.38. The van der Waals surface area contributed by atoms with E-state index in [4.69, 9.17) is 21.1 Å². The van der Waals surface area contributed by atoms with E-state index in [9.17, 15) is 4.39 Å². The third kappa shape index (κ3) is 2.78. The van der Waals surface area contributed by atoms with Crippen molar-refractivity contribution in [2.45, 2.75) is 18.7 Å². The number of benzene rings is 1. The Bertz CT molecular complexity index is 411. The molecule has 3 atom stereocenters. The summed E-state index contributed by atoms with van der Waals surface area (Å²) in [5.74, 6) is 0.819. The number of methoxy groups -OCH3 is 1. The Morgan fingerprint density at radius 2 is 2.28 bits per heavy atom. The van der Waals surface area contributed by atoms with Crippen molar-refractivity contribution in [2.75, 3.05) is 20.3 Å². The predicted octanol–water partition coefficient (Wildman–Crippen LogP) is 3.79. The molecule has 3 unspecified atom stereocenters. The van der Waals surface area contributed by atoms with Gasteiger partial charge in [0.1, 0.15) is 11.6 Å². The molecule has 2 rings (SSSR count). The number of ether oxygens (including phenoxy) is 2. The molecule has 0 amide bonds. The first-order valence-corrected chi connectivity index (χ1v) is 6.62. The summed E-state index contributed by atoms with van der Waals surface area (Å²) < 4.78 is 24.4. The molecule has 0 N–H and O–H groups in total. The molecule has 1 fully saturated rings. The molecule has 1 aromatic rings. The van der Waals surface area contributed by atoms with Crippen LogP contribution in [0.3, 0.4) is 0 Å². The van der Waals surface area contributed by atoms with E-state index in [1.807, 2.05) is 0 Å². The van der Waals surface area contributed by atoms with Gasteiger partial charge in [-0.05, 0) is 24.3 Å². The van der Waals surface area contributed by atoms with Crippen molar-refractivity contribution < 1.29 is 13.9 Å². The highest BCUT2D eigenvalue weighted by Crippen LogP contribution is 2.39. The van der Waals surface area contributed by atoms with Crippen molar-refractivity contribution >= 4 is 11.6 Å². The number of alkyl halides is 1. The Morgan fingerprint density at radius 3 is 2.89 bits per heavy atom. The van der Waals surface area contributed by atoms with E-state index in [1.165, 1.54) is 13.2 Å². The van der Waals surface area contributed by atoms with Gasteiger partial charge in [-0.3, -0.25) is 0 Å². The summed E-state index contributed by atoms with van der Waals surface area (Å²) in [6.45, 7) is 3.50. The molecule has 0 saturated carbocycles. The van der Waals surface area contributed by atoms with Gasteiger partial charge < -0.3 is 9.47 Å². The minimum Gasteiger partial charge on any atom is -0.497 e. The van der Waals surface area contributed by atoms with E-state index < -0.39 is 0 Å². The number of hydrogen-bond acceptors (Lipinski definition) is 2. The molecule has 4 heteroatoms. The summed E-state index contributed by atoms with van der Waals surface area (Å²) in [5, 5.41) is -0.310. The normalized spacial score (nSPS) is 25.8. The first kappa shape index (κ1) is 13.6. The molecule has 2 nitrogen and oxygen atoms in total. The molecule has 0 radical (unpaired) electrons. The molecule has 1 saturated heterocycles. The van der Waals surface area contributed by atoms with Crippen LogP contribution < -0.4 is 4.74 Å². The Labute approximate surface area is 112 Å². The molecule has 18 heavy (non-hydrogen) atoms. The van der Waals surface area contributed by atoms with Gasteiger partial charge in [0, 0.05) is 24.8 Å². The summed E-state index contributed by atoms with van der Waals surface area (Å²) in [7, 11) is 1.52. The molecule has 0 spiro atoms. The van der Waals surface area contributed by atoms with Crippen LogP contribution in [0.1, 0.15) is 24.3 Å². The topological polar surface area (TPSA) is 18.5 Å². The summed E-state index contributed by atoms with van der Waals surface area (Å²) in [5.41, 5.74) is 0.552. The van der Waals surface area contributed by atoms with Crippen molar-refractivity contribution in [3.8, 4) is 5.75 Å². The van der Waals surface area contributed by atoms with Crippen molar-refractivity contribution in [3.05, 3.63) is 29.6 Å². The van der Waals surface area contributed by atoms with Crippen molar-refractivity contribution in [2.24, 2.45) is 11.8 Å². The standard InChI is InChI=1S/C14H18ClFO2/c1-9-8-18-6-5-11(9)14(15)12-4-3-10(17-2)7-13(12)16/h3-4,7,9,11,14H,5-6,8H2,1-2H3. The highest BCUT2D eigenvalue weighted by molar-refractivity contribution is 6.21. The van der Waals surface area contributed by atoms with Crippen LogP contribution in [0.4, 0.5) is 4.39 Å². The van der Waals surface area contributed by atoms with E-state index in [-0.39, 0.29) is 17.1 Å². The van der Waals surface area contributed by atoms with Crippen LogP contribution in [0, 0.1) is 17.7 Å². The maximum absolute atomic E-state index is 14.0. The van der Waals surface area contributed by atoms with Crippen LogP contribution in [-0.4, -0.2) is 20.3 Å². The summed E-state index contributed by atoms with van der Waals surface area (Å²) >= 11 is 6.44. The Kier molecular flexibility index (Phi) is 4.46. The summed E-state index contributed by atoms with van der Waals surface area (Å²) in [6.07, 6.45) is 0.876. The van der Waals surface area contributed by atoms with E-state index >= 15 is 0 Å². The lowest BCUT2D eigenvalue weighted by Gasteiger charge is -2.32. The zero-order valence-electron chi connectivity index (χ0n) is 10.7. The van der Waals surface area contributed by atoms with Gasteiger partial charge in [-0.2, -0.15) is 0 Å². The number of rotatable bonds is 3. The minimum absolute atomic E-state index is 0.253. The van der Waals surface area contributed by atoms with Crippen LogP contribution in [0.25, 0.3) is 0 Å². The van der Waals surface area contributed by atoms with Gasteiger partial charge in [0.05, 0.1) is 12.5 Å². The van der Waals surface area contributed by atoms with Gasteiger partial charge >= 0.3 is 0 Å². The second-order valence-corrected chi connectivity index (χ2v) is 5.26. The molecule has 0 aromatic heterocycles. The minimum atomic E-state index is -0.310. The smallest absolute Gasteiger partial charge is 0.131 e. The largest absolute Gasteiger partial charge is 0.497 e. The second kappa shape index (κ2) is 5.89. The van der Waals surface area contributed by atoms with Gasteiger partial charge in [0.15, 0.2) is 0 Å². The van der Waals surface area contributed by atoms with E-state index in [0.717, 1.165) is 6.42 Å². The highest BCUT2D eigenvalue weighted by Gasteiger charge is 2.30. The second-order valence-electron chi connectivity index (χ2n) is 4.79. The number of halogens is 2. The predicted molar refractivity (Wildman–Crippen MR) is 69.6 cm³/mol. The lowest BCUT2D eigenvalue weighted by molar-refractivity contribution is 0.0225. The molecule has 1 aliphatic heterocycles. The lowest BCUT2D eigenvalue weighted by Crippen LogP contribution is -2.28. The van der Waals surface area contributed by atoms with Crippen molar-refractivity contribution in [1.82, 2.24) is 0 Å². The van der Waals surface area contributed by atoms with Crippen LogP contribution in [0.15, 0.2) is 18.2 Å². The zero-order valence-corrected chi connectivity index (χ0v) is 11.4. The van der Waals surface area contributed by atoms with Gasteiger partial charge in [-0.15, -0.1) is 11.6 Å². The fourth-order valence-electron chi connectivity index (χ4n) is 2.42. The van der Waals surface area contributed by atoms with Crippen molar-refractivity contribution in [1.29, 1.82) is 0 Å². The van der Waals surface area contributed by atoms with Gasteiger partial charge in [-0.1, -0.05) is 13.0 Å². The molecule has 0 bridgehead atoms. The summed E-state index contributed by atoms with van der Waals surface area (Å²) in [6, 6.07) is 4.85. The zero-order chi connectivity index (χ0) is 13.1. The SMILES string of the molecule is COc1ccc(C(Cl)C2CCOCC2C)c(F)c1. The van der Waals surface area contributed by atoms with E-state index in [0.29, 0.717) is 30.4 Å². The third-order valence-electron chi connectivity index (χ3n) is 3.59. The van der Waals surface area contributed by atoms with Crippen LogP contribution >= 0.6 is 11.6 Å². The fraction of sp³-hybridized carbons (Fsp3) is 0.571. The molecule has 1 aromatic carbocycles.